The molecule has 2 aromatic carbocycles. The second kappa shape index (κ2) is 12.8. The number of ketones is 1. The summed E-state index contributed by atoms with van der Waals surface area (Å²) in [6, 6.07) is 13.5. The number of aromatic nitrogens is 6. The van der Waals surface area contributed by atoms with E-state index in [0.29, 0.717) is 33.1 Å². The van der Waals surface area contributed by atoms with E-state index in [1.807, 2.05) is 0 Å². The van der Waals surface area contributed by atoms with Crippen LogP contribution in [0.15, 0.2) is 76.7 Å². The molecule has 1 fully saturated rings. The number of hydrogen-bond donors (Lipinski definition) is 1. The highest BCUT2D eigenvalue weighted by atomic mass is 32.2. The van der Waals surface area contributed by atoms with Crippen LogP contribution < -0.4 is 11.0 Å². The topological polar surface area (TPSA) is 161 Å². The Kier molecular flexibility index (Phi) is 8.37. The number of hydrogen-bond acceptors (Lipinski definition) is 9. The standard InChI is InChI=1S/C38H38FN7O7S/c1-38(2,3)53-36(48)41-27-16-23-17-29(27)52-20-24(47)15-21-11-13-22(14-12-21)30-31-33-28(44(5)37(49)45(23)33)18-40-35(31)46(32(30)26-19-43(4)42-34(26)39)54(50,51)25-9-7-6-8-10-25/h6-14,18-19,23,27,29H,15-17,20H2,1-5H3,(H,41,48)/t23-,27-,29+/m0/s1. The predicted molar refractivity (Wildman–Crippen MR) is 197 cm³/mol. The molecule has 0 unspecified atom stereocenters. The van der Waals surface area contributed by atoms with Crippen molar-refractivity contribution >= 4 is 44.0 Å². The molecule has 9 rings (SSSR count). The first-order chi connectivity index (χ1) is 25.6. The number of amides is 1. The molecular formula is C38H38FN7O7S. The number of nitrogens with one attached hydrogen (secondary N) is 1. The number of halogens is 1. The fraction of sp³-hybridized carbons (Fsp3) is 0.342. The molecule has 3 aliphatic rings. The van der Waals surface area contributed by atoms with Gasteiger partial charge in [-0.05, 0) is 56.9 Å². The molecule has 0 saturated heterocycles. The summed E-state index contributed by atoms with van der Waals surface area (Å²) in [7, 11) is -1.35. The molecule has 4 bridgehead atoms. The minimum atomic E-state index is -4.47. The number of Topliss-reactive ketones (excluding diaryl/α,β-unsaturated/α-hetero) is 1. The Morgan fingerprint density at radius 3 is 2.43 bits per heavy atom. The molecule has 0 spiro atoms. The Bertz CT molecular complexity index is 2650. The molecule has 6 aromatic rings. The molecule has 3 atom stereocenters. The average molecular weight is 756 g/mol. The van der Waals surface area contributed by atoms with Crippen molar-refractivity contribution in [1.29, 1.82) is 0 Å². The number of pyridine rings is 1. The van der Waals surface area contributed by atoms with Gasteiger partial charge in [0.05, 0.1) is 50.9 Å². The van der Waals surface area contributed by atoms with Gasteiger partial charge in [-0.15, -0.1) is 5.10 Å². The normalized spacial score (nSPS) is 19.1. The predicted octanol–water partition coefficient (Wildman–Crippen LogP) is 4.87. The van der Waals surface area contributed by atoms with Crippen molar-refractivity contribution in [2.75, 3.05) is 6.61 Å². The van der Waals surface area contributed by atoms with Crippen LogP contribution in [0.3, 0.4) is 0 Å². The first-order valence-corrected chi connectivity index (χ1v) is 18.9. The minimum absolute atomic E-state index is 0.0308. The fourth-order valence-corrected chi connectivity index (χ4v) is 9.21. The van der Waals surface area contributed by atoms with Gasteiger partial charge in [-0.1, -0.05) is 42.5 Å². The highest BCUT2D eigenvalue weighted by molar-refractivity contribution is 7.90. The molecule has 1 N–H and O–H groups in total. The van der Waals surface area contributed by atoms with E-state index in [2.05, 4.69) is 10.4 Å². The lowest BCUT2D eigenvalue weighted by Crippen LogP contribution is -2.44. The number of imidazole rings is 1. The molecule has 280 valence electrons. The van der Waals surface area contributed by atoms with Crippen molar-refractivity contribution in [1.82, 2.24) is 33.2 Å². The van der Waals surface area contributed by atoms with Crippen LogP contribution in [0.1, 0.15) is 45.2 Å². The van der Waals surface area contributed by atoms with Crippen molar-refractivity contribution in [3.8, 4) is 22.4 Å². The first-order valence-electron chi connectivity index (χ1n) is 17.5. The highest BCUT2D eigenvalue weighted by Crippen LogP contribution is 2.46. The molecule has 0 radical (unpaired) electrons. The van der Waals surface area contributed by atoms with Crippen LogP contribution in [0, 0.1) is 5.95 Å². The smallest absolute Gasteiger partial charge is 0.407 e. The maximum Gasteiger partial charge on any atom is 0.407 e. The van der Waals surface area contributed by atoms with E-state index in [0.717, 1.165) is 3.97 Å². The third kappa shape index (κ3) is 5.89. The zero-order chi connectivity index (χ0) is 38.3. The number of alkyl carbamates (subject to hydrolysis) is 1. The van der Waals surface area contributed by atoms with Gasteiger partial charge >= 0.3 is 11.8 Å². The number of aryl methyl sites for hydroxylation is 2. The number of carbonyl (C=O) groups excluding carboxylic acids is 2. The molecule has 54 heavy (non-hydrogen) atoms. The SMILES string of the molecule is Cn1cc(-c2c3c4c(ncc5c4n(c(=O)n5C)[C@H]4C[C@H](NC(=O)OC(C)(C)C)[C@@H](C4)OCC(=O)Cc4ccc-3cc4)n2S(=O)(=O)c2ccccc2)c(F)n1. The van der Waals surface area contributed by atoms with E-state index in [4.69, 9.17) is 14.5 Å². The van der Waals surface area contributed by atoms with Gasteiger partial charge in [-0.25, -0.2) is 27.0 Å². The number of rotatable bonds is 4. The fourth-order valence-electron chi connectivity index (χ4n) is 7.70. The lowest BCUT2D eigenvalue weighted by Gasteiger charge is -2.24. The van der Waals surface area contributed by atoms with Crippen molar-refractivity contribution in [2.24, 2.45) is 14.1 Å². The summed E-state index contributed by atoms with van der Waals surface area (Å²) >= 11 is 0. The number of fused-ring (bicyclic) bond motifs is 5. The van der Waals surface area contributed by atoms with Crippen molar-refractivity contribution < 1.29 is 31.9 Å². The van der Waals surface area contributed by atoms with Crippen molar-refractivity contribution in [3.05, 3.63) is 89.0 Å². The summed E-state index contributed by atoms with van der Waals surface area (Å²) in [5, 5.41) is 7.12. The first kappa shape index (κ1) is 35.4. The third-order valence-electron chi connectivity index (χ3n) is 9.96. The largest absolute Gasteiger partial charge is 0.444 e. The molecule has 1 saturated carbocycles. The van der Waals surface area contributed by atoms with Gasteiger partial charge in [0.15, 0.2) is 11.4 Å². The average Bonchev–Trinajstić information content (AvgIpc) is 3.83. The van der Waals surface area contributed by atoms with Gasteiger partial charge in [0.1, 0.15) is 12.2 Å². The van der Waals surface area contributed by atoms with Crippen LogP contribution in [0.4, 0.5) is 9.18 Å². The molecular weight excluding hydrogens is 718 g/mol. The van der Waals surface area contributed by atoms with E-state index in [1.165, 1.54) is 40.8 Å². The van der Waals surface area contributed by atoms with E-state index in [1.54, 1.807) is 74.9 Å². The molecule has 16 heteroatoms. The van der Waals surface area contributed by atoms with E-state index < -0.39 is 51.5 Å². The minimum Gasteiger partial charge on any atom is -0.444 e. The van der Waals surface area contributed by atoms with Crippen LogP contribution in [0.25, 0.3) is 44.5 Å². The van der Waals surface area contributed by atoms with Crippen LogP contribution in [0.2, 0.25) is 0 Å². The quantitative estimate of drug-likeness (QED) is 0.265. The Morgan fingerprint density at radius 1 is 1.04 bits per heavy atom. The van der Waals surface area contributed by atoms with Crippen molar-refractivity contribution in [3.63, 3.8) is 0 Å². The Balaban J connectivity index is 1.48. The maximum absolute atomic E-state index is 16.0. The monoisotopic (exact) mass is 755 g/mol. The number of ether oxygens (including phenoxy) is 2. The Labute approximate surface area is 309 Å². The second-order valence-electron chi connectivity index (χ2n) is 14.9. The van der Waals surface area contributed by atoms with Gasteiger partial charge in [0, 0.05) is 38.3 Å². The highest BCUT2D eigenvalue weighted by Gasteiger charge is 2.41. The lowest BCUT2D eigenvalue weighted by molar-refractivity contribution is -0.125. The second-order valence-corrected chi connectivity index (χ2v) is 16.6. The maximum atomic E-state index is 16.0. The molecule has 2 aliphatic heterocycles. The summed E-state index contributed by atoms with van der Waals surface area (Å²) in [4.78, 5) is 45.3. The number of carbonyl (C=O) groups is 2. The van der Waals surface area contributed by atoms with Crippen LogP contribution in [-0.4, -0.2) is 72.5 Å². The zero-order valence-electron chi connectivity index (χ0n) is 30.2. The molecule has 6 heterocycles. The molecule has 1 aliphatic carbocycles. The summed E-state index contributed by atoms with van der Waals surface area (Å²) in [5.74, 6) is -1.11. The summed E-state index contributed by atoms with van der Waals surface area (Å²) in [5.41, 5.74) is 0.868. The number of nitrogens with zero attached hydrogens (tertiary/aromatic N) is 6. The van der Waals surface area contributed by atoms with E-state index in [-0.39, 0.29) is 53.5 Å². The van der Waals surface area contributed by atoms with Crippen molar-refractivity contribution in [2.45, 2.75) is 68.7 Å². The van der Waals surface area contributed by atoms with Crippen LogP contribution >= 0.6 is 0 Å². The van der Waals surface area contributed by atoms with Gasteiger partial charge in [0.2, 0.25) is 5.95 Å². The summed E-state index contributed by atoms with van der Waals surface area (Å²) in [6.45, 7) is 5.01. The summed E-state index contributed by atoms with van der Waals surface area (Å²) < 4.78 is 62.7. The molecule has 14 nitrogen and oxygen atoms in total. The zero-order valence-corrected chi connectivity index (χ0v) is 31.1. The van der Waals surface area contributed by atoms with Gasteiger partial charge in [-0.3, -0.25) is 18.6 Å². The van der Waals surface area contributed by atoms with Gasteiger partial charge in [0.25, 0.3) is 10.0 Å². The third-order valence-corrected chi connectivity index (χ3v) is 11.7. The summed E-state index contributed by atoms with van der Waals surface area (Å²) in [6.07, 6.45) is 1.98. The Morgan fingerprint density at radius 2 is 1.76 bits per heavy atom. The Hall–Kier alpha value is -5.61. The number of benzene rings is 2. The van der Waals surface area contributed by atoms with E-state index >= 15 is 4.39 Å². The molecule has 1 amide bonds. The molecule has 4 aromatic heterocycles. The van der Waals surface area contributed by atoms with Gasteiger partial charge in [-0.2, -0.15) is 4.39 Å². The van der Waals surface area contributed by atoms with Crippen LogP contribution in [-0.2, 0) is 44.8 Å². The lowest BCUT2D eigenvalue weighted by atomic mass is 9.97. The van der Waals surface area contributed by atoms with Gasteiger partial charge < -0.3 is 14.8 Å². The van der Waals surface area contributed by atoms with Crippen LogP contribution in [0.5, 0.6) is 0 Å². The van der Waals surface area contributed by atoms with E-state index in [9.17, 15) is 22.8 Å².